The predicted octanol–water partition coefficient (Wildman–Crippen LogP) is 3.89. The Morgan fingerprint density at radius 3 is 3.03 bits per heavy atom. The molecule has 168 valence electrons. The zero-order valence-corrected chi connectivity index (χ0v) is 18.8. The lowest BCUT2D eigenvalue weighted by Crippen LogP contribution is -2.23. The molecule has 33 heavy (non-hydrogen) atoms. The average Bonchev–Trinajstić information content (AvgIpc) is 3.58. The number of hydrogen-bond acceptors (Lipinski definition) is 8. The summed E-state index contributed by atoms with van der Waals surface area (Å²) in [6, 6.07) is 7.99. The van der Waals surface area contributed by atoms with Crippen LogP contribution in [0.1, 0.15) is 24.3 Å². The fourth-order valence-corrected chi connectivity index (χ4v) is 4.92. The fourth-order valence-electron chi connectivity index (χ4n) is 4.01. The minimum Gasteiger partial charge on any atom is -0.353 e. The van der Waals surface area contributed by atoms with E-state index < -0.39 is 0 Å². The van der Waals surface area contributed by atoms with Crippen LogP contribution in [0.3, 0.4) is 0 Å². The summed E-state index contributed by atoms with van der Waals surface area (Å²) in [6.45, 7) is 2.72. The maximum Gasteiger partial charge on any atom is 0.179 e. The van der Waals surface area contributed by atoms with E-state index in [-0.39, 0.29) is 6.29 Å². The highest BCUT2D eigenvalue weighted by atomic mass is 32.1. The zero-order valence-electron chi connectivity index (χ0n) is 18.0. The average molecular weight is 462 g/mol. The van der Waals surface area contributed by atoms with Crippen molar-refractivity contribution < 1.29 is 9.47 Å². The molecule has 6 heterocycles. The van der Waals surface area contributed by atoms with E-state index in [2.05, 4.69) is 43.3 Å². The molecule has 0 aliphatic carbocycles. The summed E-state index contributed by atoms with van der Waals surface area (Å²) >= 11 is 1.63. The Bertz CT molecular complexity index is 1350. The molecule has 5 aromatic rings. The Kier molecular flexibility index (Phi) is 5.54. The molecule has 9 nitrogen and oxygen atoms in total. The summed E-state index contributed by atoms with van der Waals surface area (Å²) in [4.78, 5) is 13.7. The number of hydrogen-bond donors (Lipinski definition) is 0. The molecule has 1 unspecified atom stereocenters. The molecule has 0 amide bonds. The minimum atomic E-state index is -0.0580. The first-order valence-electron chi connectivity index (χ1n) is 11.1. The summed E-state index contributed by atoms with van der Waals surface area (Å²) in [6.07, 6.45) is 10.9. The molecule has 0 bridgehead atoms. The third-order valence-electron chi connectivity index (χ3n) is 5.72. The quantitative estimate of drug-likeness (QED) is 0.363. The number of nitrogens with zero attached hydrogens (tertiary/aromatic N) is 7. The van der Waals surface area contributed by atoms with Crippen LogP contribution >= 0.6 is 11.3 Å². The first-order chi connectivity index (χ1) is 16.3. The van der Waals surface area contributed by atoms with Crippen molar-refractivity contribution in [3.05, 3.63) is 54.1 Å². The van der Waals surface area contributed by atoms with E-state index in [1.54, 1.807) is 28.4 Å². The van der Waals surface area contributed by atoms with Gasteiger partial charge in [-0.3, -0.25) is 4.98 Å². The summed E-state index contributed by atoms with van der Waals surface area (Å²) in [5.41, 5.74) is 4.34. The SMILES string of the molecule is c1cc2sc(Cn3nnc4ccc(-c5ccn(CCOC6CCCCO6)c5)nc43)nc2cn1. The van der Waals surface area contributed by atoms with E-state index in [0.717, 1.165) is 63.6 Å². The van der Waals surface area contributed by atoms with Crippen molar-refractivity contribution in [3.63, 3.8) is 0 Å². The van der Waals surface area contributed by atoms with Gasteiger partial charge in [0.1, 0.15) is 10.5 Å². The Hall–Kier alpha value is -3.21. The van der Waals surface area contributed by atoms with Gasteiger partial charge in [-0.25, -0.2) is 14.6 Å². The highest BCUT2D eigenvalue weighted by Crippen LogP contribution is 2.24. The molecule has 5 aromatic heterocycles. The molecule has 1 fully saturated rings. The van der Waals surface area contributed by atoms with Crippen molar-refractivity contribution in [1.29, 1.82) is 0 Å². The predicted molar refractivity (Wildman–Crippen MR) is 125 cm³/mol. The number of fused-ring (bicyclic) bond motifs is 2. The molecular formula is C23H23N7O2S. The third-order valence-corrected chi connectivity index (χ3v) is 6.74. The van der Waals surface area contributed by atoms with Crippen LogP contribution in [-0.4, -0.2) is 54.0 Å². The lowest BCUT2D eigenvalue weighted by Gasteiger charge is -2.22. The summed E-state index contributed by atoms with van der Waals surface area (Å²) in [5, 5.41) is 9.53. The number of rotatable bonds is 7. The molecule has 1 atom stereocenters. The van der Waals surface area contributed by atoms with Crippen molar-refractivity contribution in [2.24, 2.45) is 0 Å². The standard InChI is InChI=1S/C23H23N7O2S/c1-2-11-31-22(3-1)32-12-10-29-9-7-16(14-29)17-4-5-18-23(26-17)30(28-27-18)15-21-25-19-13-24-8-6-20(19)33-21/h4-9,13-14,22H,1-3,10-12,15H2. The van der Waals surface area contributed by atoms with E-state index in [1.165, 1.54) is 6.42 Å². The van der Waals surface area contributed by atoms with Crippen LogP contribution in [0.2, 0.25) is 0 Å². The highest BCUT2D eigenvalue weighted by molar-refractivity contribution is 7.18. The molecule has 1 aliphatic heterocycles. The smallest absolute Gasteiger partial charge is 0.179 e. The molecule has 0 spiro atoms. The van der Waals surface area contributed by atoms with Crippen molar-refractivity contribution in [2.45, 2.75) is 38.6 Å². The van der Waals surface area contributed by atoms with E-state index in [4.69, 9.17) is 14.5 Å². The van der Waals surface area contributed by atoms with E-state index in [0.29, 0.717) is 13.2 Å². The molecule has 1 aliphatic rings. The van der Waals surface area contributed by atoms with Crippen LogP contribution < -0.4 is 0 Å². The van der Waals surface area contributed by atoms with Crippen molar-refractivity contribution in [2.75, 3.05) is 13.2 Å². The summed E-state index contributed by atoms with van der Waals surface area (Å²) in [5.74, 6) is 0. The summed E-state index contributed by atoms with van der Waals surface area (Å²) in [7, 11) is 0. The van der Waals surface area contributed by atoms with Crippen LogP contribution in [0.25, 0.3) is 32.6 Å². The lowest BCUT2D eigenvalue weighted by molar-refractivity contribution is -0.163. The zero-order chi connectivity index (χ0) is 22.0. The van der Waals surface area contributed by atoms with Gasteiger partial charge in [0.05, 0.1) is 35.3 Å². The van der Waals surface area contributed by atoms with E-state index >= 15 is 0 Å². The minimum absolute atomic E-state index is 0.0580. The number of thiazole rings is 1. The van der Waals surface area contributed by atoms with Crippen LogP contribution in [-0.2, 0) is 22.6 Å². The van der Waals surface area contributed by atoms with Gasteiger partial charge in [0.2, 0.25) is 0 Å². The largest absolute Gasteiger partial charge is 0.353 e. The summed E-state index contributed by atoms with van der Waals surface area (Å²) < 4.78 is 16.5. The van der Waals surface area contributed by atoms with Crippen LogP contribution in [0.4, 0.5) is 0 Å². The third kappa shape index (κ3) is 4.37. The van der Waals surface area contributed by atoms with E-state index in [9.17, 15) is 0 Å². The second kappa shape index (κ2) is 8.97. The Balaban J connectivity index is 1.17. The van der Waals surface area contributed by atoms with Crippen molar-refractivity contribution in [1.82, 2.24) is 34.5 Å². The molecule has 10 heteroatoms. The van der Waals surface area contributed by atoms with Crippen LogP contribution in [0.5, 0.6) is 0 Å². The molecule has 6 rings (SSSR count). The molecule has 1 saturated heterocycles. The second-order valence-electron chi connectivity index (χ2n) is 8.04. The fraction of sp³-hybridized carbons (Fsp3) is 0.348. The molecular weight excluding hydrogens is 438 g/mol. The highest BCUT2D eigenvalue weighted by Gasteiger charge is 2.14. The molecule has 0 aromatic carbocycles. The van der Waals surface area contributed by atoms with Gasteiger partial charge >= 0.3 is 0 Å². The van der Waals surface area contributed by atoms with Crippen molar-refractivity contribution in [3.8, 4) is 11.3 Å². The Morgan fingerprint density at radius 1 is 1.12 bits per heavy atom. The first-order valence-corrected chi connectivity index (χ1v) is 11.9. The van der Waals surface area contributed by atoms with Gasteiger partial charge in [0.25, 0.3) is 0 Å². The number of pyridine rings is 2. The van der Waals surface area contributed by atoms with Gasteiger partial charge in [-0.2, -0.15) is 0 Å². The van der Waals surface area contributed by atoms with Gasteiger partial charge in [-0.05, 0) is 43.5 Å². The van der Waals surface area contributed by atoms with E-state index in [1.807, 2.05) is 18.2 Å². The Labute approximate surface area is 194 Å². The second-order valence-corrected chi connectivity index (χ2v) is 9.16. The van der Waals surface area contributed by atoms with Gasteiger partial charge in [-0.15, -0.1) is 16.4 Å². The topological polar surface area (TPSA) is 92.8 Å². The Morgan fingerprint density at radius 2 is 2.12 bits per heavy atom. The van der Waals surface area contributed by atoms with Gasteiger partial charge in [0, 0.05) is 37.3 Å². The maximum atomic E-state index is 5.86. The molecule has 0 saturated carbocycles. The van der Waals surface area contributed by atoms with Gasteiger partial charge in [-0.1, -0.05) is 5.21 Å². The normalized spacial score (nSPS) is 16.7. The van der Waals surface area contributed by atoms with Crippen molar-refractivity contribution >= 4 is 32.7 Å². The number of ether oxygens (including phenoxy) is 2. The maximum absolute atomic E-state index is 5.86. The van der Waals surface area contributed by atoms with Crippen LogP contribution in [0, 0.1) is 0 Å². The molecule has 0 radical (unpaired) electrons. The van der Waals surface area contributed by atoms with Gasteiger partial charge in [0.15, 0.2) is 11.9 Å². The van der Waals surface area contributed by atoms with Crippen LogP contribution in [0.15, 0.2) is 49.1 Å². The monoisotopic (exact) mass is 461 g/mol. The number of aromatic nitrogens is 7. The lowest BCUT2D eigenvalue weighted by atomic mass is 10.2. The molecule has 0 N–H and O–H groups in total. The first kappa shape index (κ1) is 20.4. The van der Waals surface area contributed by atoms with Gasteiger partial charge < -0.3 is 14.0 Å².